The Balaban J connectivity index is 0.000000295. The molecular formula is C29H28N8O18S. The molecule has 0 bridgehead atoms. The molecule has 0 amide bonds. The van der Waals surface area contributed by atoms with E-state index in [0.717, 1.165) is 43.7 Å². The molecule has 298 valence electrons. The van der Waals surface area contributed by atoms with Crippen LogP contribution in [0.25, 0.3) is 10.9 Å². The van der Waals surface area contributed by atoms with Gasteiger partial charge in [-0.3, -0.25) is 35.1 Å². The van der Waals surface area contributed by atoms with Crippen molar-refractivity contribution < 1.29 is 61.3 Å². The maximum atomic E-state index is 12.2. The van der Waals surface area contributed by atoms with Crippen molar-refractivity contribution >= 4 is 67.4 Å². The number of hydrogen-bond acceptors (Lipinski definition) is 20. The number of nitrogens with one attached hydrogen (secondary N) is 2. The van der Waals surface area contributed by atoms with Gasteiger partial charge in [0.05, 0.1) is 90.0 Å². The number of nitro benzene ring substituents is 3. The summed E-state index contributed by atoms with van der Waals surface area (Å²) in [5, 5.41) is 32.1. The number of nitrogens with zero attached hydrogens (tertiary/aromatic N) is 5. The molecule has 0 aliphatic heterocycles. The summed E-state index contributed by atoms with van der Waals surface area (Å²) in [6.07, 6.45) is 1.97. The van der Waals surface area contributed by atoms with Crippen molar-refractivity contribution in [1.82, 2.24) is 9.66 Å². The lowest BCUT2D eigenvalue weighted by atomic mass is 10.1. The number of rotatable bonds is 11. The highest BCUT2D eigenvalue weighted by Crippen LogP contribution is 2.35. The minimum Gasteiger partial charge on any atom is -0.490 e. The van der Waals surface area contributed by atoms with Crippen LogP contribution in [0.2, 0.25) is 0 Å². The van der Waals surface area contributed by atoms with Crippen LogP contribution in [-0.4, -0.2) is 92.7 Å². The third kappa shape index (κ3) is 10.6. The van der Waals surface area contributed by atoms with E-state index in [0.29, 0.717) is 0 Å². The fourth-order valence-electron chi connectivity index (χ4n) is 4.24. The van der Waals surface area contributed by atoms with E-state index in [4.69, 9.17) is 19.9 Å². The number of aromatic nitrogens is 2. The van der Waals surface area contributed by atoms with Gasteiger partial charge in [-0.15, -0.1) is 0 Å². The Morgan fingerprint density at radius 3 is 1.68 bits per heavy atom. The molecule has 0 saturated carbocycles. The Hall–Kier alpha value is -7.93. The Morgan fingerprint density at radius 2 is 1.23 bits per heavy atom. The zero-order valence-electron chi connectivity index (χ0n) is 29.5. The van der Waals surface area contributed by atoms with E-state index in [9.17, 15) is 62.7 Å². The lowest BCUT2D eigenvalue weighted by Gasteiger charge is -2.08. The molecule has 0 fully saturated rings. The van der Waals surface area contributed by atoms with E-state index in [1.165, 1.54) is 40.6 Å². The summed E-state index contributed by atoms with van der Waals surface area (Å²) in [6, 6.07) is 6.27. The third-order valence-electron chi connectivity index (χ3n) is 6.67. The smallest absolute Gasteiger partial charge is 0.348 e. The van der Waals surface area contributed by atoms with Gasteiger partial charge in [-0.25, -0.2) is 32.4 Å². The number of esters is 2. The molecule has 0 aliphatic rings. The first kappa shape index (κ1) is 44.2. The summed E-state index contributed by atoms with van der Waals surface area (Å²) in [5.74, 6) is -1.85. The molecule has 27 heteroatoms. The van der Waals surface area contributed by atoms with Gasteiger partial charge < -0.3 is 34.4 Å². The highest BCUT2D eigenvalue weighted by molar-refractivity contribution is 7.91. The van der Waals surface area contributed by atoms with Gasteiger partial charge in [-0.2, -0.15) is 9.67 Å². The van der Waals surface area contributed by atoms with Crippen LogP contribution in [0, 0.1) is 30.3 Å². The number of sulfonamides is 1. The molecule has 1 heterocycles. The molecule has 4 N–H and O–H groups in total. The molecule has 0 saturated heterocycles. The third-order valence-corrected chi connectivity index (χ3v) is 7.18. The topological polar surface area (TPSA) is 366 Å². The molecule has 26 nitrogen and oxygen atoms in total. The number of carbonyl (C=O) groups excluding carboxylic acids is 3. The SMILES string of the molecule is COC(=O)c1cc(OC)c([N+](=O)[O-])cc1N.COC(=O)c1cc(OC)c([N+](=O)[O-])cc1N=C=O.COc1cc2c(=O)n(NS(C)(=O)=O)c(=O)[nH]c2cc1[N+](=O)[O-]. The molecule has 1 aromatic heterocycles. The van der Waals surface area contributed by atoms with Crippen LogP contribution in [0.3, 0.4) is 0 Å². The van der Waals surface area contributed by atoms with Gasteiger partial charge in [-0.05, 0) is 0 Å². The summed E-state index contributed by atoms with van der Waals surface area (Å²) < 4.78 is 45.9. The Bertz CT molecular complexity index is 2510. The monoisotopic (exact) mass is 808 g/mol. The van der Waals surface area contributed by atoms with Gasteiger partial charge in [0.25, 0.3) is 5.56 Å². The number of anilines is 1. The predicted molar refractivity (Wildman–Crippen MR) is 190 cm³/mol. The Kier molecular flexibility index (Phi) is 14.8. The summed E-state index contributed by atoms with van der Waals surface area (Å²) in [4.78, 5) is 94.2. The van der Waals surface area contributed by atoms with E-state index < -0.39 is 59.4 Å². The van der Waals surface area contributed by atoms with Crippen molar-refractivity contribution in [2.24, 2.45) is 4.99 Å². The number of aliphatic imine (C=N–C) groups is 1. The van der Waals surface area contributed by atoms with Crippen molar-refractivity contribution in [3.05, 3.63) is 98.7 Å². The number of hydrogen-bond donors (Lipinski definition) is 3. The second-order valence-corrected chi connectivity index (χ2v) is 11.8. The van der Waals surface area contributed by atoms with Crippen molar-refractivity contribution in [3.63, 3.8) is 0 Å². The summed E-state index contributed by atoms with van der Waals surface area (Å²) in [5.41, 5.74) is 1.83. The van der Waals surface area contributed by atoms with Crippen molar-refractivity contribution in [2.75, 3.05) is 52.4 Å². The number of methoxy groups -OCH3 is 5. The number of nitrogen functional groups attached to an aromatic ring is 1. The van der Waals surface area contributed by atoms with Crippen LogP contribution in [0.5, 0.6) is 17.2 Å². The minimum atomic E-state index is -3.87. The van der Waals surface area contributed by atoms with Gasteiger partial charge in [-0.1, -0.05) is 0 Å². The van der Waals surface area contributed by atoms with E-state index in [2.05, 4.69) is 19.5 Å². The predicted octanol–water partition coefficient (Wildman–Crippen LogP) is 1.44. The molecular weight excluding hydrogens is 780 g/mol. The number of fused-ring (bicyclic) bond motifs is 1. The molecule has 4 aromatic rings. The van der Waals surface area contributed by atoms with Crippen molar-refractivity contribution in [2.45, 2.75) is 0 Å². The molecule has 56 heavy (non-hydrogen) atoms. The van der Waals surface area contributed by atoms with Crippen LogP contribution in [0.1, 0.15) is 20.7 Å². The largest absolute Gasteiger partial charge is 0.490 e. The fourth-order valence-corrected chi connectivity index (χ4v) is 4.74. The summed E-state index contributed by atoms with van der Waals surface area (Å²) in [6.45, 7) is 0. The van der Waals surface area contributed by atoms with Gasteiger partial charge in [0.2, 0.25) is 16.1 Å². The summed E-state index contributed by atoms with van der Waals surface area (Å²) >= 11 is 0. The molecule has 0 radical (unpaired) electrons. The molecule has 0 spiro atoms. The van der Waals surface area contributed by atoms with Gasteiger partial charge >= 0.3 is 34.7 Å². The zero-order chi connectivity index (χ0) is 42.7. The maximum Gasteiger partial charge on any atom is 0.348 e. The number of ether oxygens (including phenoxy) is 5. The van der Waals surface area contributed by atoms with E-state index in [-0.39, 0.29) is 61.0 Å². The lowest BCUT2D eigenvalue weighted by molar-refractivity contribution is -0.385. The van der Waals surface area contributed by atoms with E-state index in [1.807, 2.05) is 0 Å². The molecule has 0 unspecified atom stereocenters. The standard InChI is InChI=1S/C10H10N4O7S.C10H8N2O6.C9H10N2O5/c1-21-8-3-5-6(4-7(8)14(17)18)11-10(16)13(9(5)15)12-22(2,19)20;1-17-9-3-6(10(14)18-2)7(11-5-13)4-8(9)12(15)16;1-15-8-3-5(9(12)16-2)6(10)4-7(8)11(13)14/h3-4,12H,1-2H3,(H,11,16);3-4H,1-2H3;3-4H,10H2,1-2H3. The molecule has 4 rings (SSSR count). The second-order valence-electron chi connectivity index (χ2n) is 10.1. The number of nitro groups is 3. The van der Waals surface area contributed by atoms with Crippen LogP contribution in [-0.2, 0) is 24.3 Å². The van der Waals surface area contributed by atoms with E-state index >= 15 is 0 Å². The highest BCUT2D eigenvalue weighted by atomic mass is 32.2. The second kappa shape index (κ2) is 18.7. The van der Waals surface area contributed by atoms with Gasteiger partial charge in [0.1, 0.15) is 0 Å². The Morgan fingerprint density at radius 1 is 0.786 bits per heavy atom. The lowest BCUT2D eigenvalue weighted by Crippen LogP contribution is -2.43. The maximum absolute atomic E-state index is 12.2. The number of H-pyrrole nitrogens is 1. The van der Waals surface area contributed by atoms with Crippen LogP contribution in [0.4, 0.5) is 28.4 Å². The average molecular weight is 809 g/mol. The number of isocyanates is 1. The zero-order valence-corrected chi connectivity index (χ0v) is 30.4. The molecule has 3 aromatic carbocycles. The van der Waals surface area contributed by atoms with Crippen LogP contribution >= 0.6 is 0 Å². The van der Waals surface area contributed by atoms with Crippen molar-refractivity contribution in [3.8, 4) is 17.2 Å². The fraction of sp³-hybridized carbons (Fsp3) is 0.207. The van der Waals surface area contributed by atoms with Crippen LogP contribution in [0.15, 0.2) is 51.0 Å². The minimum absolute atomic E-state index is 0.0284. The summed E-state index contributed by atoms with van der Waals surface area (Å²) in [7, 11) is 2.10. The van der Waals surface area contributed by atoms with Crippen molar-refractivity contribution in [1.29, 1.82) is 0 Å². The Labute approximate surface area is 311 Å². The van der Waals surface area contributed by atoms with Crippen LogP contribution < -0.4 is 36.0 Å². The van der Waals surface area contributed by atoms with E-state index in [1.54, 1.807) is 4.83 Å². The number of nitrogens with two attached hydrogens (primary N) is 1. The van der Waals surface area contributed by atoms with Gasteiger partial charge in [0.15, 0.2) is 17.2 Å². The number of benzene rings is 3. The highest BCUT2D eigenvalue weighted by Gasteiger charge is 2.24. The number of aromatic amines is 1. The first-order valence-corrected chi connectivity index (χ1v) is 16.3. The first-order valence-electron chi connectivity index (χ1n) is 14.4. The first-order chi connectivity index (χ1) is 26.2. The quantitative estimate of drug-likeness (QED) is 0.0482. The average Bonchev–Trinajstić information content (AvgIpc) is 3.15. The molecule has 0 aliphatic carbocycles. The van der Waals surface area contributed by atoms with Gasteiger partial charge in [0, 0.05) is 36.4 Å². The number of carbonyl (C=O) groups is 2. The molecule has 0 atom stereocenters. The normalized spacial score (nSPS) is 10.2.